The van der Waals surface area contributed by atoms with Crippen molar-refractivity contribution in [3.63, 3.8) is 0 Å². The Hall–Kier alpha value is -0.280. The first-order valence-electron chi connectivity index (χ1n) is 6.08. The summed E-state index contributed by atoms with van der Waals surface area (Å²) in [6.07, 6.45) is 2.19. The first-order chi connectivity index (χ1) is 7.65. The van der Waals surface area contributed by atoms with Gasteiger partial charge in [-0.15, -0.1) is 24.8 Å². The molecular formula is C14H26Cl2N2. The molecule has 2 nitrogen and oxygen atoms in total. The summed E-state index contributed by atoms with van der Waals surface area (Å²) in [5.41, 5.74) is 2.81. The van der Waals surface area contributed by atoms with E-state index in [0.29, 0.717) is 12.1 Å². The molecule has 0 amide bonds. The topological polar surface area (TPSA) is 24.1 Å². The summed E-state index contributed by atoms with van der Waals surface area (Å²) in [4.78, 5) is 0. The second kappa shape index (κ2) is 10.6. The van der Waals surface area contributed by atoms with E-state index in [0.717, 1.165) is 12.8 Å². The highest BCUT2D eigenvalue weighted by Gasteiger charge is 2.02. The second-order valence-corrected chi connectivity index (χ2v) is 4.60. The molecule has 106 valence electrons. The van der Waals surface area contributed by atoms with Crippen LogP contribution in [0.1, 0.15) is 25.0 Å². The zero-order valence-corrected chi connectivity index (χ0v) is 13.3. The molecule has 0 aliphatic rings. The van der Waals surface area contributed by atoms with Crippen LogP contribution in [0, 0.1) is 0 Å². The highest BCUT2D eigenvalue weighted by atomic mass is 35.5. The third-order valence-electron chi connectivity index (χ3n) is 3.09. The predicted molar refractivity (Wildman–Crippen MR) is 85.4 cm³/mol. The van der Waals surface area contributed by atoms with Gasteiger partial charge in [0, 0.05) is 12.1 Å². The summed E-state index contributed by atoms with van der Waals surface area (Å²) in [7, 11) is 4.02. The molecular weight excluding hydrogens is 267 g/mol. The van der Waals surface area contributed by atoms with Gasteiger partial charge in [-0.2, -0.15) is 0 Å². The van der Waals surface area contributed by atoms with E-state index in [1.54, 1.807) is 0 Å². The van der Waals surface area contributed by atoms with E-state index in [4.69, 9.17) is 0 Å². The van der Waals surface area contributed by atoms with Gasteiger partial charge in [0.25, 0.3) is 0 Å². The minimum atomic E-state index is 0. The zero-order valence-electron chi connectivity index (χ0n) is 11.7. The molecule has 1 aromatic rings. The van der Waals surface area contributed by atoms with Crippen molar-refractivity contribution in [2.45, 2.75) is 38.8 Å². The molecule has 0 saturated carbocycles. The van der Waals surface area contributed by atoms with Gasteiger partial charge in [-0.25, -0.2) is 0 Å². The van der Waals surface area contributed by atoms with E-state index in [9.17, 15) is 0 Å². The van der Waals surface area contributed by atoms with Gasteiger partial charge in [0.1, 0.15) is 0 Å². The SMILES string of the molecule is CNC(C)Cc1ccc(CC(C)NC)cc1.Cl.Cl. The van der Waals surface area contributed by atoms with Crippen LogP contribution in [-0.2, 0) is 12.8 Å². The second-order valence-electron chi connectivity index (χ2n) is 4.60. The number of hydrogen-bond acceptors (Lipinski definition) is 2. The van der Waals surface area contributed by atoms with Gasteiger partial charge < -0.3 is 10.6 Å². The van der Waals surface area contributed by atoms with E-state index in [-0.39, 0.29) is 24.8 Å². The van der Waals surface area contributed by atoms with Crippen LogP contribution in [0.5, 0.6) is 0 Å². The number of rotatable bonds is 6. The normalized spacial score (nSPS) is 13.1. The first kappa shape index (κ1) is 20.0. The molecule has 0 saturated heterocycles. The van der Waals surface area contributed by atoms with E-state index >= 15 is 0 Å². The van der Waals surface area contributed by atoms with E-state index < -0.39 is 0 Å². The van der Waals surface area contributed by atoms with E-state index in [1.165, 1.54) is 11.1 Å². The first-order valence-corrected chi connectivity index (χ1v) is 6.08. The monoisotopic (exact) mass is 292 g/mol. The molecule has 0 heterocycles. The Morgan fingerprint density at radius 3 is 1.28 bits per heavy atom. The van der Waals surface area contributed by atoms with Crippen molar-refractivity contribution >= 4 is 24.8 Å². The molecule has 0 aliphatic carbocycles. The molecule has 1 rings (SSSR count). The predicted octanol–water partition coefficient (Wildman–Crippen LogP) is 2.83. The van der Waals surface area contributed by atoms with Crippen molar-refractivity contribution in [2.75, 3.05) is 14.1 Å². The van der Waals surface area contributed by atoms with Crippen molar-refractivity contribution in [2.24, 2.45) is 0 Å². The fourth-order valence-electron chi connectivity index (χ4n) is 1.72. The maximum Gasteiger partial charge on any atom is 0.00761 e. The highest BCUT2D eigenvalue weighted by Crippen LogP contribution is 2.08. The van der Waals surface area contributed by atoms with Crippen molar-refractivity contribution in [1.29, 1.82) is 0 Å². The average Bonchev–Trinajstić information content (AvgIpc) is 2.31. The lowest BCUT2D eigenvalue weighted by Crippen LogP contribution is -2.24. The summed E-state index contributed by atoms with van der Waals surface area (Å²) in [5, 5.41) is 6.52. The molecule has 0 fully saturated rings. The van der Waals surface area contributed by atoms with Crippen LogP contribution in [0.15, 0.2) is 24.3 Å². The lowest BCUT2D eigenvalue weighted by Gasteiger charge is -2.12. The van der Waals surface area contributed by atoms with Crippen molar-refractivity contribution in [3.8, 4) is 0 Å². The summed E-state index contributed by atoms with van der Waals surface area (Å²) in [6.45, 7) is 4.41. The molecule has 0 aliphatic heterocycles. The smallest absolute Gasteiger partial charge is 0.00761 e. The van der Waals surface area contributed by atoms with Crippen LogP contribution in [-0.4, -0.2) is 26.2 Å². The molecule has 0 aromatic heterocycles. The Morgan fingerprint density at radius 1 is 0.778 bits per heavy atom. The lowest BCUT2D eigenvalue weighted by atomic mass is 10.0. The number of hydrogen-bond donors (Lipinski definition) is 2. The Bertz CT molecular complexity index is 270. The van der Waals surface area contributed by atoms with Gasteiger partial charge in [0.15, 0.2) is 0 Å². The van der Waals surface area contributed by atoms with E-state index in [1.807, 2.05) is 14.1 Å². The Kier molecular flexibility index (Phi) is 11.8. The zero-order chi connectivity index (χ0) is 12.0. The maximum atomic E-state index is 3.26. The molecule has 2 N–H and O–H groups in total. The average molecular weight is 293 g/mol. The Morgan fingerprint density at radius 2 is 1.06 bits per heavy atom. The molecule has 0 bridgehead atoms. The van der Waals surface area contributed by atoms with Crippen LogP contribution in [0.3, 0.4) is 0 Å². The number of benzene rings is 1. The largest absolute Gasteiger partial charge is 0.317 e. The minimum Gasteiger partial charge on any atom is -0.317 e. The van der Waals surface area contributed by atoms with Crippen molar-refractivity contribution in [3.05, 3.63) is 35.4 Å². The van der Waals surface area contributed by atoms with Crippen LogP contribution >= 0.6 is 24.8 Å². The quantitative estimate of drug-likeness (QED) is 0.843. The minimum absolute atomic E-state index is 0. The number of halogens is 2. The Labute approximate surface area is 124 Å². The van der Waals surface area contributed by atoms with Gasteiger partial charge in [-0.3, -0.25) is 0 Å². The number of nitrogens with one attached hydrogen (secondary N) is 2. The van der Waals surface area contributed by atoms with Gasteiger partial charge in [0.05, 0.1) is 0 Å². The maximum absolute atomic E-state index is 3.26. The molecule has 2 unspecified atom stereocenters. The third kappa shape index (κ3) is 7.22. The van der Waals surface area contributed by atoms with Crippen LogP contribution < -0.4 is 10.6 Å². The fourth-order valence-corrected chi connectivity index (χ4v) is 1.72. The summed E-state index contributed by atoms with van der Waals surface area (Å²) >= 11 is 0. The fraction of sp³-hybridized carbons (Fsp3) is 0.571. The molecule has 4 heteroatoms. The summed E-state index contributed by atoms with van der Waals surface area (Å²) < 4.78 is 0. The van der Waals surface area contributed by atoms with E-state index in [2.05, 4.69) is 48.7 Å². The van der Waals surface area contributed by atoms with Gasteiger partial charge in [-0.1, -0.05) is 24.3 Å². The lowest BCUT2D eigenvalue weighted by molar-refractivity contribution is 0.604. The molecule has 1 aromatic carbocycles. The van der Waals surface area contributed by atoms with Crippen molar-refractivity contribution in [1.82, 2.24) is 10.6 Å². The van der Waals surface area contributed by atoms with Gasteiger partial charge >= 0.3 is 0 Å². The Balaban J connectivity index is 0. The van der Waals surface area contributed by atoms with Crippen LogP contribution in [0.2, 0.25) is 0 Å². The highest BCUT2D eigenvalue weighted by molar-refractivity contribution is 5.85. The van der Waals surface area contributed by atoms with Crippen molar-refractivity contribution < 1.29 is 0 Å². The van der Waals surface area contributed by atoms with Gasteiger partial charge in [0.2, 0.25) is 0 Å². The standard InChI is InChI=1S/C14H24N2.2ClH/c1-11(15-3)9-13-5-7-14(8-6-13)10-12(2)16-4;;/h5-8,11-12,15-16H,9-10H2,1-4H3;2*1H. The summed E-state index contributed by atoms with van der Waals surface area (Å²) in [5.74, 6) is 0. The van der Waals surface area contributed by atoms with Crippen LogP contribution in [0.25, 0.3) is 0 Å². The molecule has 0 radical (unpaired) electrons. The molecule has 18 heavy (non-hydrogen) atoms. The van der Waals surface area contributed by atoms with Crippen LogP contribution in [0.4, 0.5) is 0 Å². The molecule has 0 spiro atoms. The molecule has 2 atom stereocenters. The number of likely N-dealkylation sites (N-methyl/N-ethyl adjacent to an activating group) is 2. The third-order valence-corrected chi connectivity index (χ3v) is 3.09. The summed E-state index contributed by atoms with van der Waals surface area (Å²) in [6, 6.07) is 10.1. The van der Waals surface area contributed by atoms with Gasteiger partial charge in [-0.05, 0) is 51.9 Å².